The minimum absolute atomic E-state index is 0.113. The first-order chi connectivity index (χ1) is 13.5. The predicted molar refractivity (Wildman–Crippen MR) is 114 cm³/mol. The van der Waals surface area contributed by atoms with Gasteiger partial charge in [0.2, 0.25) is 0 Å². The van der Waals surface area contributed by atoms with E-state index in [1.807, 2.05) is 62.4 Å². The van der Waals surface area contributed by atoms with E-state index >= 15 is 0 Å². The zero-order valence-corrected chi connectivity index (χ0v) is 16.0. The second kappa shape index (κ2) is 12.0. The molecule has 140 valence electrons. The van der Waals surface area contributed by atoms with Crippen molar-refractivity contribution in [3.05, 3.63) is 72.8 Å². The summed E-state index contributed by atoms with van der Waals surface area (Å²) in [4.78, 5) is 0. The van der Waals surface area contributed by atoms with Crippen LogP contribution in [0.4, 0.5) is 0 Å². The van der Waals surface area contributed by atoms with Crippen molar-refractivity contribution in [1.82, 2.24) is 0 Å². The number of hydrogen-bond acceptors (Lipinski definition) is 2. The van der Waals surface area contributed by atoms with E-state index in [1.165, 1.54) is 0 Å². The SMILES string of the molecule is [3H]CC(C)COc1ccc(C=C)cc1.[3H]CCC(C)Oc1ccc(C=C)cc1. The summed E-state index contributed by atoms with van der Waals surface area (Å²) in [5.41, 5.74) is 2.18. The molecule has 0 amide bonds. The summed E-state index contributed by atoms with van der Waals surface area (Å²) in [6.07, 6.45) is 4.48. The van der Waals surface area contributed by atoms with Crippen LogP contribution in [0.25, 0.3) is 12.2 Å². The highest BCUT2D eigenvalue weighted by Crippen LogP contribution is 2.15. The van der Waals surface area contributed by atoms with Crippen molar-refractivity contribution in [1.29, 1.82) is 0 Å². The Bertz CT molecular complexity index is 681. The zero-order chi connectivity index (χ0) is 20.8. The van der Waals surface area contributed by atoms with Crippen molar-refractivity contribution in [3.63, 3.8) is 0 Å². The van der Waals surface area contributed by atoms with Gasteiger partial charge < -0.3 is 9.47 Å². The van der Waals surface area contributed by atoms with Gasteiger partial charge >= 0.3 is 0 Å². The van der Waals surface area contributed by atoms with Gasteiger partial charge in [-0.25, -0.2) is 0 Å². The van der Waals surface area contributed by atoms with Crippen LogP contribution in [0, 0.1) is 5.92 Å². The maximum atomic E-state index is 7.15. The molecule has 0 N–H and O–H groups in total. The summed E-state index contributed by atoms with van der Waals surface area (Å²) in [5, 5.41) is 0. The number of ether oxygens (including phenoxy) is 2. The Hall–Kier alpha value is -2.48. The second-order valence-corrected chi connectivity index (χ2v) is 6.18. The van der Waals surface area contributed by atoms with Gasteiger partial charge in [-0.15, -0.1) is 0 Å². The minimum Gasteiger partial charge on any atom is -0.493 e. The average Bonchev–Trinajstić information content (AvgIpc) is 2.73. The van der Waals surface area contributed by atoms with Crippen LogP contribution in [0.15, 0.2) is 61.7 Å². The lowest BCUT2D eigenvalue weighted by atomic mass is 10.2. The van der Waals surface area contributed by atoms with Crippen LogP contribution in [0.1, 0.15) is 47.9 Å². The highest BCUT2D eigenvalue weighted by molar-refractivity contribution is 5.48. The van der Waals surface area contributed by atoms with Crippen molar-refractivity contribution in [3.8, 4) is 11.5 Å². The number of benzene rings is 2. The van der Waals surface area contributed by atoms with E-state index in [4.69, 9.17) is 12.2 Å². The summed E-state index contributed by atoms with van der Waals surface area (Å²) in [7, 11) is 0. The van der Waals surface area contributed by atoms with Crippen LogP contribution in [0.5, 0.6) is 11.5 Å². The van der Waals surface area contributed by atoms with Gasteiger partial charge in [0.05, 0.1) is 12.7 Å². The van der Waals surface area contributed by atoms with Crippen LogP contribution < -0.4 is 9.47 Å². The Morgan fingerprint density at radius 1 is 0.923 bits per heavy atom. The van der Waals surface area contributed by atoms with Crippen molar-refractivity contribution in [2.45, 2.75) is 40.2 Å². The van der Waals surface area contributed by atoms with Crippen LogP contribution in [0.2, 0.25) is 0 Å². The quantitative estimate of drug-likeness (QED) is 0.514. The topological polar surface area (TPSA) is 18.5 Å². The molecule has 2 aromatic rings. The van der Waals surface area contributed by atoms with Crippen LogP contribution in [-0.2, 0) is 0 Å². The second-order valence-electron chi connectivity index (χ2n) is 6.18. The third-order valence-corrected chi connectivity index (χ3v) is 3.51. The third kappa shape index (κ3) is 8.57. The van der Waals surface area contributed by atoms with Gasteiger partial charge in [-0.3, -0.25) is 0 Å². The highest BCUT2D eigenvalue weighted by Gasteiger charge is 1.99. The van der Waals surface area contributed by atoms with E-state index in [0.717, 1.165) is 29.0 Å². The van der Waals surface area contributed by atoms with Gasteiger partial charge in [0.25, 0.3) is 0 Å². The van der Waals surface area contributed by atoms with Crippen molar-refractivity contribution < 1.29 is 12.2 Å². The molecule has 0 aliphatic heterocycles. The molecule has 2 aromatic carbocycles. The maximum Gasteiger partial charge on any atom is 0.119 e. The lowest BCUT2D eigenvalue weighted by molar-refractivity contribution is 0.217. The van der Waals surface area contributed by atoms with Gasteiger partial charge in [-0.2, -0.15) is 0 Å². The molecule has 0 aliphatic carbocycles. The molecule has 0 spiro atoms. The van der Waals surface area contributed by atoms with E-state index in [2.05, 4.69) is 13.2 Å². The fourth-order valence-corrected chi connectivity index (χ4v) is 1.91. The largest absolute Gasteiger partial charge is 0.493 e. The van der Waals surface area contributed by atoms with Gasteiger partial charge in [0.1, 0.15) is 11.5 Å². The summed E-state index contributed by atoms with van der Waals surface area (Å²) in [6, 6.07) is 15.6. The molecule has 0 aliphatic rings. The number of rotatable bonds is 8. The van der Waals surface area contributed by atoms with Gasteiger partial charge in [-0.1, -0.05) is 70.3 Å². The lowest BCUT2D eigenvalue weighted by Gasteiger charge is -2.12. The number of hydrogen-bond donors (Lipinski definition) is 0. The molecule has 0 fully saturated rings. The fraction of sp³-hybridized carbons (Fsp3) is 0.333. The monoisotopic (exact) mass is 356 g/mol. The first-order valence-electron chi connectivity index (χ1n) is 10.3. The smallest absolute Gasteiger partial charge is 0.119 e. The van der Waals surface area contributed by atoms with Crippen LogP contribution >= 0.6 is 0 Å². The molecule has 26 heavy (non-hydrogen) atoms. The lowest BCUT2D eigenvalue weighted by Crippen LogP contribution is -2.09. The minimum atomic E-state index is 0.113. The van der Waals surface area contributed by atoms with E-state index in [-0.39, 0.29) is 12.0 Å². The van der Waals surface area contributed by atoms with E-state index in [9.17, 15) is 0 Å². The van der Waals surface area contributed by atoms with Gasteiger partial charge in [-0.05, 0) is 54.7 Å². The molecular weight excluding hydrogens is 320 g/mol. The third-order valence-electron chi connectivity index (χ3n) is 3.51. The Morgan fingerprint density at radius 2 is 1.46 bits per heavy atom. The van der Waals surface area contributed by atoms with Crippen LogP contribution in [-0.4, -0.2) is 12.7 Å². The Labute approximate surface area is 162 Å². The Kier molecular flexibility index (Phi) is 8.43. The molecule has 0 saturated carbocycles. The molecule has 0 aromatic heterocycles. The zero-order valence-electron chi connectivity index (χ0n) is 18.0. The van der Waals surface area contributed by atoms with Crippen molar-refractivity contribution in [2.24, 2.45) is 5.92 Å². The molecular formula is C24H32O2. The van der Waals surface area contributed by atoms with Crippen molar-refractivity contribution >= 4 is 12.2 Å². The average molecular weight is 357 g/mol. The maximum absolute atomic E-state index is 7.15. The molecule has 2 nitrogen and oxygen atoms in total. The summed E-state index contributed by atoms with van der Waals surface area (Å²) in [6.45, 7) is 12.8. The van der Waals surface area contributed by atoms with E-state index < -0.39 is 0 Å². The summed E-state index contributed by atoms with van der Waals surface area (Å²) >= 11 is 0. The van der Waals surface area contributed by atoms with Gasteiger partial charge in [0.15, 0.2) is 0 Å². The molecule has 2 rings (SSSR count). The molecule has 0 heterocycles. The normalized spacial score (nSPS) is 13.2. The molecule has 2 unspecified atom stereocenters. The van der Waals surface area contributed by atoms with E-state index in [1.54, 1.807) is 12.2 Å². The van der Waals surface area contributed by atoms with E-state index in [0.29, 0.717) is 20.4 Å². The molecule has 0 saturated heterocycles. The van der Waals surface area contributed by atoms with Crippen molar-refractivity contribution in [2.75, 3.05) is 6.61 Å². The van der Waals surface area contributed by atoms with Crippen LogP contribution in [0.3, 0.4) is 0 Å². The highest BCUT2D eigenvalue weighted by atomic mass is 16.5. The first kappa shape index (κ1) is 18.3. The summed E-state index contributed by atoms with van der Waals surface area (Å²) in [5.74, 6) is 2.00. The van der Waals surface area contributed by atoms with Gasteiger partial charge in [0, 0.05) is 2.74 Å². The standard InChI is InChI=1S/2C12H16O/c1-4-11-5-7-12(8-6-11)13-9-10(2)3;1-4-10(3)13-12-8-6-11(5-2)7-9-12/h4-8,10H,1,9H2,2-3H3;5-10H,2,4H2,1,3H3/i2T;1T. The first-order valence-corrected chi connectivity index (χ1v) is 8.85. The predicted octanol–water partition coefficient (Wildman–Crippen LogP) is 6.87. The Balaban J connectivity index is 0.000000280. The molecule has 0 bridgehead atoms. The fourth-order valence-electron chi connectivity index (χ4n) is 1.91. The molecule has 2 atom stereocenters. The molecule has 2 heteroatoms. The Morgan fingerprint density at radius 3 is 1.92 bits per heavy atom. The summed E-state index contributed by atoms with van der Waals surface area (Å²) < 4.78 is 25.3. The molecule has 0 radical (unpaired) electrons.